The Balaban J connectivity index is 2.36. The van der Waals surface area contributed by atoms with Crippen molar-refractivity contribution in [1.82, 2.24) is 4.98 Å². The average Bonchev–Trinajstić information content (AvgIpc) is 2.29. The van der Waals surface area contributed by atoms with Crippen LogP contribution in [0.3, 0.4) is 0 Å². The van der Waals surface area contributed by atoms with Crippen molar-refractivity contribution in [2.75, 3.05) is 18.0 Å². The van der Waals surface area contributed by atoms with Gasteiger partial charge in [0.1, 0.15) is 5.82 Å². The second-order valence-electron chi connectivity index (χ2n) is 4.56. The lowest BCUT2D eigenvalue weighted by atomic mass is 10.1. The zero-order valence-electron chi connectivity index (χ0n) is 10.1. The molecule has 0 unspecified atom stereocenters. The molecule has 0 bridgehead atoms. The summed E-state index contributed by atoms with van der Waals surface area (Å²) >= 11 is 6.04. The fourth-order valence-electron chi connectivity index (χ4n) is 2.38. The molecular weight excluding hydrogens is 220 g/mol. The van der Waals surface area contributed by atoms with Crippen LogP contribution in [0, 0.1) is 13.8 Å². The lowest BCUT2D eigenvalue weighted by Gasteiger charge is -2.30. The molecule has 0 amide bonds. The van der Waals surface area contributed by atoms with Gasteiger partial charge in [-0.05, 0) is 44.7 Å². The molecule has 0 N–H and O–H groups in total. The Morgan fingerprint density at radius 1 is 1.25 bits per heavy atom. The number of rotatable bonds is 2. The molecule has 0 radical (unpaired) electrons. The average molecular weight is 239 g/mol. The highest BCUT2D eigenvalue weighted by Gasteiger charge is 2.17. The zero-order valence-corrected chi connectivity index (χ0v) is 10.8. The van der Waals surface area contributed by atoms with E-state index >= 15 is 0 Å². The molecule has 0 atom stereocenters. The molecular formula is C13H19ClN2. The molecule has 16 heavy (non-hydrogen) atoms. The fourth-order valence-corrected chi connectivity index (χ4v) is 2.71. The van der Waals surface area contributed by atoms with Gasteiger partial charge in [0.25, 0.3) is 0 Å². The highest BCUT2D eigenvalue weighted by Crippen LogP contribution is 2.26. The van der Waals surface area contributed by atoms with Crippen LogP contribution in [0.15, 0.2) is 6.07 Å². The van der Waals surface area contributed by atoms with Crippen LogP contribution in [-0.4, -0.2) is 18.1 Å². The minimum Gasteiger partial charge on any atom is -0.356 e. The Hall–Kier alpha value is -0.760. The normalized spacial score (nSPS) is 16.6. The number of halogens is 1. The summed E-state index contributed by atoms with van der Waals surface area (Å²) in [7, 11) is 0. The van der Waals surface area contributed by atoms with Crippen LogP contribution in [-0.2, 0) is 5.88 Å². The Bertz CT molecular complexity index is 370. The summed E-state index contributed by atoms with van der Waals surface area (Å²) in [5.41, 5.74) is 3.56. The van der Waals surface area contributed by atoms with Crippen LogP contribution in [0.5, 0.6) is 0 Å². The summed E-state index contributed by atoms with van der Waals surface area (Å²) in [5, 5.41) is 0. The van der Waals surface area contributed by atoms with Crippen molar-refractivity contribution in [3.63, 3.8) is 0 Å². The first-order chi connectivity index (χ1) is 7.72. The van der Waals surface area contributed by atoms with Crippen LogP contribution in [0.25, 0.3) is 0 Å². The third-order valence-electron chi connectivity index (χ3n) is 3.24. The van der Waals surface area contributed by atoms with E-state index in [2.05, 4.69) is 29.8 Å². The summed E-state index contributed by atoms with van der Waals surface area (Å²) < 4.78 is 0. The van der Waals surface area contributed by atoms with Gasteiger partial charge >= 0.3 is 0 Å². The number of nitrogens with zero attached hydrogens (tertiary/aromatic N) is 2. The van der Waals surface area contributed by atoms with Crippen LogP contribution >= 0.6 is 11.6 Å². The lowest BCUT2D eigenvalue weighted by molar-refractivity contribution is 0.571. The summed E-state index contributed by atoms with van der Waals surface area (Å²) in [6, 6.07) is 2.12. The topological polar surface area (TPSA) is 16.1 Å². The van der Waals surface area contributed by atoms with Crippen molar-refractivity contribution >= 4 is 17.4 Å². The standard InChI is InChI=1S/C13H19ClN2/c1-10-8-11(2)15-13(12(10)9-14)16-6-4-3-5-7-16/h8H,3-7,9H2,1-2H3. The smallest absolute Gasteiger partial charge is 0.133 e. The molecule has 3 heteroatoms. The van der Waals surface area contributed by atoms with Gasteiger partial charge in [-0.3, -0.25) is 0 Å². The van der Waals surface area contributed by atoms with Crippen molar-refractivity contribution < 1.29 is 0 Å². The van der Waals surface area contributed by atoms with Crippen molar-refractivity contribution in [1.29, 1.82) is 0 Å². The molecule has 0 saturated carbocycles. The van der Waals surface area contributed by atoms with Gasteiger partial charge in [0, 0.05) is 24.3 Å². The van der Waals surface area contributed by atoms with E-state index in [1.165, 1.54) is 30.4 Å². The van der Waals surface area contributed by atoms with Crippen LogP contribution < -0.4 is 4.90 Å². The summed E-state index contributed by atoms with van der Waals surface area (Å²) in [4.78, 5) is 7.06. The minimum atomic E-state index is 0.560. The highest BCUT2D eigenvalue weighted by molar-refractivity contribution is 6.17. The number of piperidine rings is 1. The molecule has 2 nitrogen and oxygen atoms in total. The van der Waals surface area contributed by atoms with Gasteiger partial charge in [-0.2, -0.15) is 0 Å². The first-order valence-corrected chi connectivity index (χ1v) is 6.54. The van der Waals surface area contributed by atoms with E-state index in [1.807, 2.05) is 0 Å². The first kappa shape index (κ1) is 11.7. The first-order valence-electron chi connectivity index (χ1n) is 6.00. The predicted molar refractivity (Wildman–Crippen MR) is 69.3 cm³/mol. The SMILES string of the molecule is Cc1cc(C)c(CCl)c(N2CCCCC2)n1. The van der Waals surface area contributed by atoms with Crippen molar-refractivity contribution in [3.8, 4) is 0 Å². The molecule has 2 rings (SSSR count). The number of hydrogen-bond donors (Lipinski definition) is 0. The van der Waals surface area contributed by atoms with Crippen molar-refractivity contribution in [2.45, 2.75) is 39.0 Å². The van der Waals surface area contributed by atoms with Gasteiger partial charge in [-0.1, -0.05) is 0 Å². The van der Waals surface area contributed by atoms with Gasteiger partial charge < -0.3 is 4.90 Å². The third-order valence-corrected chi connectivity index (χ3v) is 3.51. The summed E-state index contributed by atoms with van der Waals surface area (Å²) in [5.74, 6) is 1.68. The molecule has 0 aromatic carbocycles. The Morgan fingerprint density at radius 2 is 1.94 bits per heavy atom. The van der Waals surface area contributed by atoms with Gasteiger partial charge in [-0.15, -0.1) is 11.6 Å². The van der Waals surface area contributed by atoms with E-state index in [4.69, 9.17) is 11.6 Å². The van der Waals surface area contributed by atoms with E-state index in [9.17, 15) is 0 Å². The number of alkyl halides is 1. The quantitative estimate of drug-likeness (QED) is 0.734. The number of anilines is 1. The van der Waals surface area contributed by atoms with Crippen molar-refractivity contribution in [3.05, 3.63) is 22.9 Å². The molecule has 1 aromatic rings. The van der Waals surface area contributed by atoms with Gasteiger partial charge in [0.2, 0.25) is 0 Å². The molecule has 1 aliphatic rings. The van der Waals surface area contributed by atoms with Gasteiger partial charge in [0.15, 0.2) is 0 Å². The largest absolute Gasteiger partial charge is 0.356 e. The van der Waals surface area contributed by atoms with E-state index in [0.717, 1.165) is 24.6 Å². The van der Waals surface area contributed by atoms with E-state index < -0.39 is 0 Å². The van der Waals surface area contributed by atoms with E-state index in [-0.39, 0.29) is 0 Å². The molecule has 1 fully saturated rings. The number of aryl methyl sites for hydroxylation is 2. The summed E-state index contributed by atoms with van der Waals surface area (Å²) in [6.45, 7) is 6.43. The molecule has 88 valence electrons. The molecule has 1 saturated heterocycles. The second kappa shape index (κ2) is 5.05. The molecule has 2 heterocycles. The zero-order chi connectivity index (χ0) is 11.5. The molecule has 0 aliphatic carbocycles. The second-order valence-corrected chi connectivity index (χ2v) is 4.83. The van der Waals surface area contributed by atoms with E-state index in [1.54, 1.807) is 0 Å². The van der Waals surface area contributed by atoms with Crippen LogP contribution in [0.2, 0.25) is 0 Å². The predicted octanol–water partition coefficient (Wildman–Crippen LogP) is 3.43. The Morgan fingerprint density at radius 3 is 2.56 bits per heavy atom. The third kappa shape index (κ3) is 2.32. The van der Waals surface area contributed by atoms with Gasteiger partial charge in [-0.25, -0.2) is 4.98 Å². The summed E-state index contributed by atoms with van der Waals surface area (Å²) in [6.07, 6.45) is 3.89. The molecule has 1 aromatic heterocycles. The van der Waals surface area contributed by atoms with Crippen LogP contribution in [0.4, 0.5) is 5.82 Å². The highest BCUT2D eigenvalue weighted by atomic mass is 35.5. The molecule has 0 spiro atoms. The molecule has 1 aliphatic heterocycles. The Kier molecular flexibility index (Phi) is 3.70. The lowest BCUT2D eigenvalue weighted by Crippen LogP contribution is -2.31. The van der Waals surface area contributed by atoms with Crippen LogP contribution in [0.1, 0.15) is 36.1 Å². The number of hydrogen-bond acceptors (Lipinski definition) is 2. The van der Waals surface area contributed by atoms with E-state index in [0.29, 0.717) is 5.88 Å². The van der Waals surface area contributed by atoms with Gasteiger partial charge in [0.05, 0.1) is 5.88 Å². The number of aromatic nitrogens is 1. The fraction of sp³-hybridized carbons (Fsp3) is 0.615. The monoisotopic (exact) mass is 238 g/mol. The minimum absolute atomic E-state index is 0.560. The maximum Gasteiger partial charge on any atom is 0.133 e. The maximum absolute atomic E-state index is 6.04. The van der Waals surface area contributed by atoms with Crippen molar-refractivity contribution in [2.24, 2.45) is 0 Å². The Labute approximate surface area is 103 Å². The number of pyridine rings is 1. The maximum atomic E-state index is 6.04.